The minimum Gasteiger partial charge on any atom is -0.388 e. The van der Waals surface area contributed by atoms with Gasteiger partial charge in [0, 0.05) is 40.5 Å². The third-order valence-corrected chi connectivity index (χ3v) is 4.63. The maximum Gasteiger partial charge on any atom is 0.269 e. The summed E-state index contributed by atoms with van der Waals surface area (Å²) < 4.78 is 0. The number of hydrogen-bond acceptors (Lipinski definition) is 4. The van der Waals surface area contributed by atoms with Crippen LogP contribution in [0.1, 0.15) is 5.56 Å². The van der Waals surface area contributed by atoms with Crippen LogP contribution in [0.25, 0.3) is 0 Å². The maximum absolute atomic E-state index is 10.9. The van der Waals surface area contributed by atoms with Gasteiger partial charge in [-0.3, -0.25) is 10.1 Å². The van der Waals surface area contributed by atoms with Crippen molar-refractivity contribution in [3.63, 3.8) is 0 Å². The van der Waals surface area contributed by atoms with Crippen LogP contribution in [0.15, 0.2) is 41.3 Å². The van der Waals surface area contributed by atoms with Crippen molar-refractivity contribution in [2.24, 2.45) is 0 Å². The summed E-state index contributed by atoms with van der Waals surface area (Å²) in [6.45, 7) is 0. The standard InChI is InChI=1S/C14H12Cl2N2O2S/c1-17-13-5-3-11(18(19)20)6-9(13)8-21-14-7-10(15)2-4-12(14)16/h2-7,17H,8H2,1H3. The van der Waals surface area contributed by atoms with Gasteiger partial charge in [0.25, 0.3) is 5.69 Å². The average Bonchev–Trinajstić information content (AvgIpc) is 2.47. The Morgan fingerprint density at radius 2 is 2.00 bits per heavy atom. The van der Waals surface area contributed by atoms with E-state index in [2.05, 4.69) is 5.32 Å². The molecule has 0 unspecified atom stereocenters. The first-order valence-electron chi connectivity index (χ1n) is 6.04. The van der Waals surface area contributed by atoms with Crippen LogP contribution in [-0.2, 0) is 5.75 Å². The fraction of sp³-hybridized carbons (Fsp3) is 0.143. The Balaban J connectivity index is 2.24. The molecule has 21 heavy (non-hydrogen) atoms. The molecule has 110 valence electrons. The first kappa shape index (κ1) is 15.9. The minimum atomic E-state index is -0.403. The summed E-state index contributed by atoms with van der Waals surface area (Å²) in [5.41, 5.74) is 1.76. The Morgan fingerprint density at radius 3 is 2.67 bits per heavy atom. The van der Waals surface area contributed by atoms with Crippen molar-refractivity contribution in [2.75, 3.05) is 12.4 Å². The highest BCUT2D eigenvalue weighted by Crippen LogP contribution is 2.34. The Labute approximate surface area is 136 Å². The molecule has 2 aromatic rings. The van der Waals surface area contributed by atoms with Gasteiger partial charge in [-0.2, -0.15) is 0 Å². The van der Waals surface area contributed by atoms with Gasteiger partial charge in [-0.25, -0.2) is 0 Å². The van der Waals surface area contributed by atoms with Gasteiger partial charge < -0.3 is 5.32 Å². The van der Waals surface area contributed by atoms with Crippen molar-refractivity contribution >= 4 is 46.3 Å². The van der Waals surface area contributed by atoms with Gasteiger partial charge in [0.2, 0.25) is 0 Å². The second-order valence-electron chi connectivity index (χ2n) is 4.21. The van der Waals surface area contributed by atoms with Gasteiger partial charge >= 0.3 is 0 Å². The van der Waals surface area contributed by atoms with Gasteiger partial charge in [0.05, 0.1) is 9.95 Å². The summed E-state index contributed by atoms with van der Waals surface area (Å²) in [5.74, 6) is 0.553. The molecular weight excluding hydrogens is 331 g/mol. The van der Waals surface area contributed by atoms with E-state index >= 15 is 0 Å². The van der Waals surface area contributed by atoms with Crippen molar-refractivity contribution in [1.29, 1.82) is 0 Å². The van der Waals surface area contributed by atoms with Crippen LogP contribution in [0, 0.1) is 10.1 Å². The highest BCUT2D eigenvalue weighted by molar-refractivity contribution is 7.98. The lowest BCUT2D eigenvalue weighted by molar-refractivity contribution is -0.384. The summed E-state index contributed by atoms with van der Waals surface area (Å²) in [5, 5.41) is 15.1. The first-order chi connectivity index (χ1) is 10.0. The van der Waals surface area contributed by atoms with Crippen molar-refractivity contribution in [3.05, 3.63) is 62.1 Å². The van der Waals surface area contributed by atoms with E-state index in [0.29, 0.717) is 15.8 Å². The molecule has 0 radical (unpaired) electrons. The van der Waals surface area contributed by atoms with Crippen LogP contribution in [0.3, 0.4) is 0 Å². The van der Waals surface area contributed by atoms with E-state index in [9.17, 15) is 10.1 Å². The third-order valence-electron chi connectivity index (χ3n) is 2.85. The molecule has 0 bridgehead atoms. The van der Waals surface area contributed by atoms with Crippen LogP contribution < -0.4 is 5.32 Å². The number of benzene rings is 2. The Kier molecular flexibility index (Phi) is 5.33. The minimum absolute atomic E-state index is 0.0711. The number of nitrogens with zero attached hydrogens (tertiary/aromatic N) is 1. The van der Waals surface area contributed by atoms with Crippen molar-refractivity contribution in [3.8, 4) is 0 Å². The number of nitrogens with one attached hydrogen (secondary N) is 1. The highest BCUT2D eigenvalue weighted by atomic mass is 35.5. The Hall–Kier alpha value is -1.43. The molecule has 0 fully saturated rings. The molecule has 4 nitrogen and oxygen atoms in total. The molecule has 2 aromatic carbocycles. The lowest BCUT2D eigenvalue weighted by Gasteiger charge is -2.10. The van der Waals surface area contributed by atoms with Crippen LogP contribution >= 0.6 is 35.0 Å². The zero-order chi connectivity index (χ0) is 15.4. The second-order valence-corrected chi connectivity index (χ2v) is 6.07. The van der Waals surface area contributed by atoms with Crippen LogP contribution in [0.4, 0.5) is 11.4 Å². The molecule has 0 aromatic heterocycles. The largest absolute Gasteiger partial charge is 0.388 e. The quantitative estimate of drug-likeness (QED) is 0.458. The Bertz CT molecular complexity index is 680. The van der Waals surface area contributed by atoms with E-state index in [0.717, 1.165) is 16.1 Å². The molecule has 0 saturated carbocycles. The molecular formula is C14H12Cl2N2O2S. The summed E-state index contributed by atoms with van der Waals surface area (Å²) in [4.78, 5) is 11.3. The maximum atomic E-state index is 10.9. The number of nitro groups is 1. The van der Waals surface area contributed by atoms with E-state index in [4.69, 9.17) is 23.2 Å². The number of thioether (sulfide) groups is 1. The molecule has 0 amide bonds. The molecule has 7 heteroatoms. The molecule has 0 saturated heterocycles. The van der Waals surface area contributed by atoms with Crippen LogP contribution in [-0.4, -0.2) is 12.0 Å². The van der Waals surface area contributed by atoms with Crippen LogP contribution in [0.2, 0.25) is 10.0 Å². The fourth-order valence-corrected chi connectivity index (χ4v) is 3.28. The van der Waals surface area contributed by atoms with Gasteiger partial charge in [0.1, 0.15) is 0 Å². The molecule has 0 aliphatic rings. The molecule has 0 spiro atoms. The topological polar surface area (TPSA) is 55.2 Å². The van der Waals surface area contributed by atoms with E-state index in [-0.39, 0.29) is 5.69 Å². The van der Waals surface area contributed by atoms with E-state index in [1.54, 1.807) is 37.4 Å². The third kappa shape index (κ3) is 4.03. The van der Waals surface area contributed by atoms with Crippen LogP contribution in [0.5, 0.6) is 0 Å². The molecule has 0 heterocycles. The monoisotopic (exact) mass is 342 g/mol. The van der Waals surface area contributed by atoms with Gasteiger partial charge in [0.15, 0.2) is 0 Å². The second kappa shape index (κ2) is 7.02. The summed E-state index contributed by atoms with van der Waals surface area (Å²) in [6.07, 6.45) is 0. The van der Waals surface area contributed by atoms with E-state index < -0.39 is 4.92 Å². The van der Waals surface area contributed by atoms with E-state index in [1.807, 2.05) is 0 Å². The summed E-state index contributed by atoms with van der Waals surface area (Å²) in [7, 11) is 1.78. The molecule has 2 rings (SSSR count). The van der Waals surface area contributed by atoms with Crippen molar-refractivity contribution < 1.29 is 4.92 Å². The smallest absolute Gasteiger partial charge is 0.269 e. The molecule has 1 N–H and O–H groups in total. The first-order valence-corrected chi connectivity index (χ1v) is 7.78. The normalized spacial score (nSPS) is 10.4. The predicted octanol–water partition coefficient (Wildman–Crippen LogP) is 5.24. The van der Waals surface area contributed by atoms with Crippen molar-refractivity contribution in [2.45, 2.75) is 10.6 Å². The number of hydrogen-bond donors (Lipinski definition) is 1. The van der Waals surface area contributed by atoms with E-state index in [1.165, 1.54) is 17.8 Å². The van der Waals surface area contributed by atoms with Gasteiger partial charge in [-0.05, 0) is 29.8 Å². The van der Waals surface area contributed by atoms with Gasteiger partial charge in [-0.1, -0.05) is 23.2 Å². The Morgan fingerprint density at radius 1 is 1.24 bits per heavy atom. The zero-order valence-electron chi connectivity index (χ0n) is 11.1. The molecule has 0 atom stereocenters. The highest BCUT2D eigenvalue weighted by Gasteiger charge is 2.11. The number of anilines is 1. The summed E-state index contributed by atoms with van der Waals surface area (Å²) in [6, 6.07) is 9.99. The number of rotatable bonds is 5. The number of nitro benzene ring substituents is 1. The summed E-state index contributed by atoms with van der Waals surface area (Å²) >= 11 is 13.6. The lowest BCUT2D eigenvalue weighted by atomic mass is 10.2. The van der Waals surface area contributed by atoms with Gasteiger partial charge in [-0.15, -0.1) is 11.8 Å². The number of non-ortho nitro benzene ring substituents is 1. The fourth-order valence-electron chi connectivity index (χ4n) is 1.80. The predicted molar refractivity (Wildman–Crippen MR) is 88.7 cm³/mol. The van der Waals surface area contributed by atoms with Crippen molar-refractivity contribution in [1.82, 2.24) is 0 Å². The number of halogens is 2. The lowest BCUT2D eigenvalue weighted by Crippen LogP contribution is -1.96. The average molecular weight is 343 g/mol. The molecule has 0 aliphatic heterocycles. The molecule has 0 aliphatic carbocycles. The SMILES string of the molecule is CNc1ccc([N+](=O)[O-])cc1CSc1cc(Cl)ccc1Cl. The zero-order valence-corrected chi connectivity index (χ0v) is 13.4.